The molecule has 0 fully saturated rings. The summed E-state index contributed by atoms with van der Waals surface area (Å²) in [6.45, 7) is 3.74. The molecule has 1 aromatic rings. The van der Waals surface area contributed by atoms with E-state index in [1.807, 2.05) is 13.8 Å². The van der Waals surface area contributed by atoms with Crippen LogP contribution in [0.4, 0.5) is 5.82 Å². The third-order valence-electron chi connectivity index (χ3n) is 1.43. The Bertz CT molecular complexity index is 325. The van der Waals surface area contributed by atoms with E-state index in [4.69, 9.17) is 5.84 Å². The van der Waals surface area contributed by atoms with Crippen molar-refractivity contribution < 1.29 is 4.79 Å². The molecule has 0 saturated carbocycles. The highest BCUT2D eigenvalue weighted by atomic mass is 16.1. The average Bonchev–Trinajstić information content (AvgIpc) is 2.17. The summed E-state index contributed by atoms with van der Waals surface area (Å²) in [6.07, 6.45) is 2.82. The van der Waals surface area contributed by atoms with Gasteiger partial charge in [-0.1, -0.05) is 0 Å². The van der Waals surface area contributed by atoms with Crippen molar-refractivity contribution in [3.63, 3.8) is 0 Å². The van der Waals surface area contributed by atoms with Gasteiger partial charge in [-0.3, -0.25) is 9.78 Å². The second kappa shape index (κ2) is 4.52. The van der Waals surface area contributed by atoms with Crippen LogP contribution in [0.15, 0.2) is 12.4 Å². The summed E-state index contributed by atoms with van der Waals surface area (Å²) >= 11 is 0. The Morgan fingerprint density at radius 3 is 2.79 bits per heavy atom. The lowest BCUT2D eigenvalue weighted by Gasteiger charge is -2.07. The number of amides is 1. The molecule has 0 bridgehead atoms. The van der Waals surface area contributed by atoms with Crippen molar-refractivity contribution in [2.45, 2.75) is 19.9 Å². The van der Waals surface area contributed by atoms with Gasteiger partial charge in [-0.25, -0.2) is 10.8 Å². The van der Waals surface area contributed by atoms with Gasteiger partial charge in [0.1, 0.15) is 5.69 Å². The first-order valence-corrected chi connectivity index (χ1v) is 4.23. The van der Waals surface area contributed by atoms with Gasteiger partial charge < -0.3 is 10.7 Å². The second-order valence-electron chi connectivity index (χ2n) is 3.06. The summed E-state index contributed by atoms with van der Waals surface area (Å²) in [5.41, 5.74) is 2.57. The Labute approximate surface area is 81.9 Å². The lowest BCUT2D eigenvalue weighted by atomic mass is 10.3. The minimum absolute atomic E-state index is 0.0683. The summed E-state index contributed by atoms with van der Waals surface area (Å²) in [5, 5.41) is 2.70. The second-order valence-corrected chi connectivity index (χ2v) is 3.06. The van der Waals surface area contributed by atoms with Gasteiger partial charge in [-0.15, -0.1) is 0 Å². The lowest BCUT2D eigenvalue weighted by Crippen LogP contribution is -2.31. The van der Waals surface area contributed by atoms with Crippen LogP contribution in [-0.4, -0.2) is 21.9 Å². The SMILES string of the molecule is CC(C)NC(=O)c1cncc(NN)n1. The van der Waals surface area contributed by atoms with Crippen LogP contribution in [-0.2, 0) is 0 Å². The number of hydrogen-bond donors (Lipinski definition) is 3. The van der Waals surface area contributed by atoms with Gasteiger partial charge in [0.15, 0.2) is 5.82 Å². The van der Waals surface area contributed by atoms with Crippen LogP contribution >= 0.6 is 0 Å². The van der Waals surface area contributed by atoms with Gasteiger partial charge in [-0.05, 0) is 13.8 Å². The van der Waals surface area contributed by atoms with E-state index >= 15 is 0 Å². The van der Waals surface area contributed by atoms with Gasteiger partial charge in [0.2, 0.25) is 0 Å². The Balaban J connectivity index is 2.79. The molecule has 0 radical (unpaired) electrons. The van der Waals surface area contributed by atoms with Crippen LogP contribution in [0.5, 0.6) is 0 Å². The summed E-state index contributed by atoms with van der Waals surface area (Å²) in [4.78, 5) is 19.2. The van der Waals surface area contributed by atoms with Gasteiger partial charge in [-0.2, -0.15) is 0 Å². The Morgan fingerprint density at radius 2 is 2.21 bits per heavy atom. The molecule has 0 aliphatic carbocycles. The van der Waals surface area contributed by atoms with Gasteiger partial charge in [0.05, 0.1) is 12.4 Å². The molecule has 4 N–H and O–H groups in total. The van der Waals surface area contributed by atoms with E-state index in [9.17, 15) is 4.79 Å². The number of aromatic nitrogens is 2. The molecule has 6 heteroatoms. The first kappa shape index (κ1) is 10.4. The molecule has 6 nitrogen and oxygen atoms in total. The average molecular weight is 195 g/mol. The number of hydrazine groups is 1. The Hall–Kier alpha value is -1.69. The standard InChI is InChI=1S/C8H13N5O/c1-5(2)11-8(14)6-3-10-4-7(12-6)13-9/h3-5H,9H2,1-2H3,(H,11,14)(H,12,13). The van der Waals surface area contributed by atoms with Gasteiger partial charge in [0, 0.05) is 6.04 Å². The van der Waals surface area contributed by atoms with Crippen LogP contribution < -0.4 is 16.6 Å². The van der Waals surface area contributed by atoms with E-state index < -0.39 is 0 Å². The van der Waals surface area contributed by atoms with Gasteiger partial charge in [0.25, 0.3) is 5.91 Å². The van der Waals surface area contributed by atoms with E-state index in [1.54, 1.807) is 0 Å². The van der Waals surface area contributed by atoms with Crippen LogP contribution in [0.2, 0.25) is 0 Å². The number of rotatable bonds is 3. The summed E-state index contributed by atoms with van der Waals surface area (Å²) in [7, 11) is 0. The molecule has 0 aromatic carbocycles. The molecular weight excluding hydrogens is 182 g/mol. The molecule has 0 atom stereocenters. The maximum absolute atomic E-state index is 11.4. The molecule has 1 heterocycles. The highest BCUT2D eigenvalue weighted by molar-refractivity contribution is 5.92. The van der Waals surface area contributed by atoms with E-state index in [2.05, 4.69) is 20.7 Å². The van der Waals surface area contributed by atoms with Crippen molar-refractivity contribution in [3.05, 3.63) is 18.1 Å². The number of anilines is 1. The maximum atomic E-state index is 11.4. The normalized spacial score (nSPS) is 10.0. The predicted molar refractivity (Wildman–Crippen MR) is 52.4 cm³/mol. The fraction of sp³-hybridized carbons (Fsp3) is 0.375. The van der Waals surface area contributed by atoms with Crippen molar-refractivity contribution in [2.75, 3.05) is 5.43 Å². The molecule has 1 amide bonds. The van der Waals surface area contributed by atoms with E-state index in [1.165, 1.54) is 12.4 Å². The summed E-state index contributed by atoms with van der Waals surface area (Å²) in [6, 6.07) is 0.0683. The lowest BCUT2D eigenvalue weighted by molar-refractivity contribution is 0.0938. The first-order chi connectivity index (χ1) is 6.63. The Morgan fingerprint density at radius 1 is 1.50 bits per heavy atom. The highest BCUT2D eigenvalue weighted by Crippen LogP contribution is 2.00. The fourth-order valence-electron chi connectivity index (χ4n) is 0.881. The number of hydrogen-bond acceptors (Lipinski definition) is 5. The van der Waals surface area contributed by atoms with Crippen LogP contribution in [0.25, 0.3) is 0 Å². The third kappa shape index (κ3) is 2.67. The Kier molecular flexibility index (Phi) is 3.35. The smallest absolute Gasteiger partial charge is 0.271 e. The fourth-order valence-corrected chi connectivity index (χ4v) is 0.881. The molecule has 1 rings (SSSR count). The molecule has 14 heavy (non-hydrogen) atoms. The molecule has 1 aromatic heterocycles. The third-order valence-corrected chi connectivity index (χ3v) is 1.43. The van der Waals surface area contributed by atoms with Crippen molar-refractivity contribution in [2.24, 2.45) is 5.84 Å². The molecule has 0 spiro atoms. The molecule has 0 aliphatic heterocycles. The van der Waals surface area contributed by atoms with Crippen molar-refractivity contribution in [1.82, 2.24) is 15.3 Å². The summed E-state index contributed by atoms with van der Waals surface area (Å²) < 4.78 is 0. The zero-order valence-electron chi connectivity index (χ0n) is 8.11. The minimum Gasteiger partial charge on any atom is -0.348 e. The van der Waals surface area contributed by atoms with E-state index in [0.29, 0.717) is 5.82 Å². The minimum atomic E-state index is -0.260. The van der Waals surface area contributed by atoms with Crippen molar-refractivity contribution >= 4 is 11.7 Å². The van der Waals surface area contributed by atoms with Crippen LogP contribution in [0.3, 0.4) is 0 Å². The number of nitrogens with two attached hydrogens (primary N) is 1. The zero-order chi connectivity index (χ0) is 10.6. The van der Waals surface area contributed by atoms with E-state index in [0.717, 1.165) is 0 Å². The molecule has 76 valence electrons. The number of nitrogen functional groups attached to an aromatic ring is 1. The van der Waals surface area contributed by atoms with Crippen LogP contribution in [0, 0.1) is 0 Å². The monoisotopic (exact) mass is 195 g/mol. The molecular formula is C8H13N5O. The number of nitrogens with one attached hydrogen (secondary N) is 2. The quantitative estimate of drug-likeness (QED) is 0.462. The topological polar surface area (TPSA) is 92.9 Å². The van der Waals surface area contributed by atoms with Crippen molar-refractivity contribution in [1.29, 1.82) is 0 Å². The predicted octanol–water partition coefficient (Wildman–Crippen LogP) is -0.0996. The largest absolute Gasteiger partial charge is 0.348 e. The molecule has 0 aliphatic rings. The summed E-state index contributed by atoms with van der Waals surface area (Å²) in [5.74, 6) is 5.24. The van der Waals surface area contributed by atoms with Crippen LogP contribution in [0.1, 0.15) is 24.3 Å². The maximum Gasteiger partial charge on any atom is 0.271 e. The number of carbonyl (C=O) groups is 1. The molecule has 0 unspecified atom stereocenters. The van der Waals surface area contributed by atoms with Gasteiger partial charge >= 0.3 is 0 Å². The van der Waals surface area contributed by atoms with E-state index in [-0.39, 0.29) is 17.6 Å². The number of nitrogens with zero attached hydrogens (tertiary/aromatic N) is 2. The number of carbonyl (C=O) groups excluding carboxylic acids is 1. The molecule has 0 saturated heterocycles. The zero-order valence-corrected chi connectivity index (χ0v) is 8.11. The van der Waals surface area contributed by atoms with Crippen molar-refractivity contribution in [3.8, 4) is 0 Å². The first-order valence-electron chi connectivity index (χ1n) is 4.23. The highest BCUT2D eigenvalue weighted by Gasteiger charge is 2.08.